The highest BCUT2D eigenvalue weighted by Crippen LogP contribution is 2.36. The summed E-state index contributed by atoms with van der Waals surface area (Å²) >= 11 is 0. The Kier molecular flexibility index (Phi) is 11.1. The van der Waals surface area contributed by atoms with Crippen LogP contribution < -0.4 is 5.32 Å². The zero-order valence-electron chi connectivity index (χ0n) is 24.6. The number of amides is 3. The summed E-state index contributed by atoms with van der Waals surface area (Å²) in [7, 11) is 0. The first-order chi connectivity index (χ1) is 19.4. The normalized spacial score (nSPS) is 25.1. The molecule has 0 radical (unpaired) electrons. The van der Waals surface area contributed by atoms with Crippen molar-refractivity contribution in [2.75, 3.05) is 39.3 Å². The lowest BCUT2D eigenvalue weighted by molar-refractivity contribution is -0.166. The fourth-order valence-corrected chi connectivity index (χ4v) is 7.51. The molecule has 1 aromatic carbocycles. The lowest BCUT2D eigenvalue weighted by Crippen LogP contribution is -2.75. The number of rotatable bonds is 8. The number of piperidine rings is 2. The van der Waals surface area contributed by atoms with Crippen LogP contribution in [0.1, 0.15) is 87.9 Å². The molecule has 228 valence electrons. The number of halogens is 1. The molecule has 1 aliphatic carbocycles. The monoisotopic (exact) mass is 588 g/mol. The van der Waals surface area contributed by atoms with E-state index in [2.05, 4.69) is 17.1 Å². The Morgan fingerprint density at radius 1 is 1.00 bits per heavy atom. The molecule has 3 heterocycles. The SMILES string of the molecule is CCCCN1C(=O)[C@@H]([C@H](O)C2CCCCC2)NC(=O)C12CCN(CC1CCN(C(=O)c3ccccc3)CC1)CC2.Cl. The molecule has 3 amide bonds. The van der Waals surface area contributed by atoms with Gasteiger partial charge in [0.1, 0.15) is 11.6 Å². The Morgan fingerprint density at radius 2 is 1.66 bits per heavy atom. The first-order valence-electron chi connectivity index (χ1n) is 15.8. The number of hydrogen-bond donors (Lipinski definition) is 2. The van der Waals surface area contributed by atoms with Crippen LogP contribution in [0.5, 0.6) is 0 Å². The molecule has 41 heavy (non-hydrogen) atoms. The summed E-state index contributed by atoms with van der Waals surface area (Å²) in [5, 5.41) is 14.2. The van der Waals surface area contributed by atoms with Gasteiger partial charge in [-0.3, -0.25) is 14.4 Å². The highest BCUT2D eigenvalue weighted by atomic mass is 35.5. The van der Waals surface area contributed by atoms with Gasteiger partial charge in [0.05, 0.1) is 6.10 Å². The molecule has 0 aromatic heterocycles. The Morgan fingerprint density at radius 3 is 2.29 bits per heavy atom. The minimum Gasteiger partial charge on any atom is -0.390 e. The lowest BCUT2D eigenvalue weighted by Gasteiger charge is -2.53. The number of aliphatic hydroxyl groups is 1. The molecular formula is C32H49ClN4O4. The van der Waals surface area contributed by atoms with Crippen molar-refractivity contribution in [1.82, 2.24) is 20.0 Å². The summed E-state index contributed by atoms with van der Waals surface area (Å²) in [6, 6.07) is 8.69. The van der Waals surface area contributed by atoms with E-state index in [0.29, 0.717) is 25.3 Å². The number of likely N-dealkylation sites (tertiary alicyclic amines) is 2. The molecule has 3 saturated heterocycles. The van der Waals surface area contributed by atoms with Gasteiger partial charge in [-0.25, -0.2) is 0 Å². The van der Waals surface area contributed by atoms with Crippen LogP contribution in [-0.4, -0.2) is 94.5 Å². The Hall–Kier alpha value is -2.16. The van der Waals surface area contributed by atoms with Crippen molar-refractivity contribution in [3.05, 3.63) is 35.9 Å². The van der Waals surface area contributed by atoms with Crippen LogP contribution in [0.3, 0.4) is 0 Å². The van der Waals surface area contributed by atoms with Gasteiger partial charge in [0.15, 0.2) is 0 Å². The Labute approximate surface area is 251 Å². The number of unbranched alkanes of at least 4 members (excludes halogenated alkanes) is 1. The number of benzene rings is 1. The second-order valence-electron chi connectivity index (χ2n) is 12.6. The van der Waals surface area contributed by atoms with Gasteiger partial charge in [0, 0.05) is 44.8 Å². The minimum atomic E-state index is -0.820. The van der Waals surface area contributed by atoms with Gasteiger partial charge in [0.2, 0.25) is 11.8 Å². The van der Waals surface area contributed by atoms with Crippen LogP contribution in [0.15, 0.2) is 30.3 Å². The van der Waals surface area contributed by atoms with Crippen LogP contribution >= 0.6 is 12.4 Å². The molecule has 0 unspecified atom stereocenters. The Bertz CT molecular complexity index is 1020. The van der Waals surface area contributed by atoms with Crippen LogP contribution in [0.4, 0.5) is 0 Å². The fourth-order valence-electron chi connectivity index (χ4n) is 7.51. The molecule has 4 fully saturated rings. The zero-order valence-corrected chi connectivity index (χ0v) is 25.5. The minimum absolute atomic E-state index is 0. The first-order valence-corrected chi connectivity index (χ1v) is 15.8. The average molecular weight is 589 g/mol. The van der Waals surface area contributed by atoms with E-state index < -0.39 is 17.7 Å². The van der Waals surface area contributed by atoms with E-state index in [1.54, 1.807) is 0 Å². The first kappa shape index (κ1) is 31.8. The summed E-state index contributed by atoms with van der Waals surface area (Å²) in [4.78, 5) is 46.6. The lowest BCUT2D eigenvalue weighted by atomic mass is 9.77. The molecule has 1 aromatic rings. The van der Waals surface area contributed by atoms with E-state index in [0.717, 1.165) is 89.7 Å². The third-order valence-corrected chi connectivity index (χ3v) is 10.1. The third-order valence-electron chi connectivity index (χ3n) is 10.1. The van der Waals surface area contributed by atoms with Gasteiger partial charge in [-0.2, -0.15) is 0 Å². The molecule has 1 spiro atoms. The topological polar surface area (TPSA) is 93.2 Å². The molecule has 2 N–H and O–H groups in total. The van der Waals surface area contributed by atoms with E-state index in [-0.39, 0.29) is 36.0 Å². The molecule has 3 aliphatic heterocycles. The van der Waals surface area contributed by atoms with Crippen LogP contribution in [0, 0.1) is 11.8 Å². The van der Waals surface area contributed by atoms with Crippen molar-refractivity contribution in [2.45, 2.75) is 95.2 Å². The number of nitrogens with one attached hydrogen (secondary N) is 1. The van der Waals surface area contributed by atoms with E-state index in [4.69, 9.17) is 0 Å². The molecule has 4 aliphatic rings. The van der Waals surface area contributed by atoms with Crippen molar-refractivity contribution in [2.24, 2.45) is 11.8 Å². The van der Waals surface area contributed by atoms with Gasteiger partial charge in [0.25, 0.3) is 5.91 Å². The van der Waals surface area contributed by atoms with Gasteiger partial charge in [-0.15, -0.1) is 12.4 Å². The molecular weight excluding hydrogens is 540 g/mol. The maximum atomic E-state index is 13.8. The maximum Gasteiger partial charge on any atom is 0.253 e. The number of aliphatic hydroxyl groups excluding tert-OH is 1. The largest absolute Gasteiger partial charge is 0.390 e. The number of carbonyl (C=O) groups is 3. The summed E-state index contributed by atoms with van der Waals surface area (Å²) in [6.07, 6.45) is 9.44. The van der Waals surface area contributed by atoms with Crippen molar-refractivity contribution >= 4 is 30.1 Å². The number of piperazine rings is 1. The van der Waals surface area contributed by atoms with Crippen LogP contribution in [0.25, 0.3) is 0 Å². The van der Waals surface area contributed by atoms with E-state index in [1.165, 1.54) is 6.42 Å². The van der Waals surface area contributed by atoms with Gasteiger partial charge in [-0.1, -0.05) is 50.8 Å². The standard InChI is InChI=1S/C32H48N4O4.ClH/c1-2-3-18-36-30(39)27(28(37)25-10-6-4-7-11-25)33-31(40)32(36)16-21-34(22-17-32)23-24-14-19-35(20-15-24)29(38)26-12-8-5-9-13-26;/h5,8-9,12-13,24-25,27-28,37H,2-4,6-7,10-11,14-23H2,1H3,(H,33,40);1H/t27-,28-;/m1./s1. The smallest absolute Gasteiger partial charge is 0.253 e. The quantitative estimate of drug-likeness (QED) is 0.481. The molecule has 0 bridgehead atoms. The fraction of sp³-hybridized carbons (Fsp3) is 0.719. The Balaban J connectivity index is 0.00000387. The second-order valence-corrected chi connectivity index (χ2v) is 12.6. The number of nitrogens with zero attached hydrogens (tertiary/aromatic N) is 3. The van der Waals surface area contributed by atoms with Gasteiger partial charge in [-0.05, 0) is 68.9 Å². The summed E-state index contributed by atoms with van der Waals surface area (Å²) in [5.41, 5.74) is -0.0551. The highest BCUT2D eigenvalue weighted by Gasteiger charge is 2.55. The van der Waals surface area contributed by atoms with E-state index in [1.807, 2.05) is 40.1 Å². The molecule has 5 rings (SSSR count). The van der Waals surface area contributed by atoms with E-state index >= 15 is 0 Å². The van der Waals surface area contributed by atoms with Crippen molar-refractivity contribution in [3.63, 3.8) is 0 Å². The molecule has 8 nitrogen and oxygen atoms in total. The predicted octanol–water partition coefficient (Wildman–Crippen LogP) is 3.86. The van der Waals surface area contributed by atoms with Gasteiger partial charge < -0.3 is 25.1 Å². The second kappa shape index (κ2) is 14.3. The number of carbonyl (C=O) groups excluding carboxylic acids is 3. The summed E-state index contributed by atoms with van der Waals surface area (Å²) in [5.74, 6) is 0.569. The van der Waals surface area contributed by atoms with E-state index in [9.17, 15) is 19.5 Å². The van der Waals surface area contributed by atoms with Crippen LogP contribution in [-0.2, 0) is 9.59 Å². The third kappa shape index (κ3) is 6.91. The highest BCUT2D eigenvalue weighted by molar-refractivity contribution is 6.00. The molecule has 1 saturated carbocycles. The van der Waals surface area contributed by atoms with Crippen LogP contribution in [0.2, 0.25) is 0 Å². The zero-order chi connectivity index (χ0) is 28.1. The molecule has 2 atom stereocenters. The predicted molar refractivity (Wildman–Crippen MR) is 162 cm³/mol. The maximum absolute atomic E-state index is 13.8. The molecule has 9 heteroatoms. The van der Waals surface area contributed by atoms with Gasteiger partial charge >= 0.3 is 0 Å². The van der Waals surface area contributed by atoms with Crippen molar-refractivity contribution < 1.29 is 19.5 Å². The van der Waals surface area contributed by atoms with Crippen molar-refractivity contribution in [3.8, 4) is 0 Å². The van der Waals surface area contributed by atoms with Crippen molar-refractivity contribution in [1.29, 1.82) is 0 Å². The average Bonchev–Trinajstić information content (AvgIpc) is 3.00. The summed E-state index contributed by atoms with van der Waals surface area (Å²) in [6.45, 7) is 6.77. The summed E-state index contributed by atoms with van der Waals surface area (Å²) < 4.78 is 0. The number of hydrogen-bond acceptors (Lipinski definition) is 5.